The van der Waals surface area contributed by atoms with Crippen molar-refractivity contribution in [2.45, 2.75) is 45.8 Å². The van der Waals surface area contributed by atoms with Crippen LogP contribution < -0.4 is 0 Å². The summed E-state index contributed by atoms with van der Waals surface area (Å²) in [6.45, 7) is 6.19. The quantitative estimate of drug-likeness (QED) is 0.771. The molecule has 18 heavy (non-hydrogen) atoms. The largest absolute Gasteiger partial charge is 0.469 e. The lowest BCUT2D eigenvalue weighted by molar-refractivity contribution is -0.152. The van der Waals surface area contributed by atoms with Crippen LogP contribution in [-0.2, 0) is 16.1 Å². The Labute approximate surface area is 108 Å². The number of carbonyl (C=O) groups excluding carboxylic acids is 1. The second-order valence-electron chi connectivity index (χ2n) is 4.75. The molecule has 1 aliphatic rings. The average Bonchev–Trinajstić information content (AvgIpc) is 2.81. The third-order valence-corrected chi connectivity index (χ3v) is 3.63. The van der Waals surface area contributed by atoms with Crippen molar-refractivity contribution in [3.63, 3.8) is 0 Å². The van der Waals surface area contributed by atoms with Crippen LogP contribution >= 0.6 is 0 Å². The van der Waals surface area contributed by atoms with Crippen molar-refractivity contribution in [1.29, 1.82) is 0 Å². The standard InChI is InChI=1S/C14H21NO3/c1-3-15-8-5-4-6-13(15)14(16)18-10-12-7-9-17-11(12)2/h7,9,13H,3-6,8,10H2,1-2H3/t13-/m0/s1. The molecule has 0 aliphatic carbocycles. The van der Waals surface area contributed by atoms with Gasteiger partial charge < -0.3 is 9.15 Å². The van der Waals surface area contributed by atoms with Gasteiger partial charge in [0.2, 0.25) is 0 Å². The Morgan fingerprint density at radius 3 is 3.06 bits per heavy atom. The Hall–Kier alpha value is -1.29. The van der Waals surface area contributed by atoms with Gasteiger partial charge in [-0.05, 0) is 38.9 Å². The first-order valence-corrected chi connectivity index (χ1v) is 6.66. The lowest BCUT2D eigenvalue weighted by Crippen LogP contribution is -2.45. The summed E-state index contributed by atoms with van der Waals surface area (Å²) in [5.74, 6) is 0.718. The average molecular weight is 251 g/mol. The molecule has 1 aromatic rings. The molecule has 0 amide bonds. The third kappa shape index (κ3) is 2.93. The number of likely N-dealkylation sites (tertiary alicyclic amines) is 1. The number of carbonyl (C=O) groups is 1. The van der Waals surface area contributed by atoms with Gasteiger partial charge in [-0.15, -0.1) is 0 Å². The SMILES string of the molecule is CCN1CCCC[C@H]1C(=O)OCc1ccoc1C. The maximum absolute atomic E-state index is 12.1. The number of piperidine rings is 1. The third-order valence-electron chi connectivity index (χ3n) is 3.63. The maximum atomic E-state index is 12.1. The molecule has 0 bridgehead atoms. The number of hydrogen-bond donors (Lipinski definition) is 0. The molecule has 0 N–H and O–H groups in total. The number of hydrogen-bond acceptors (Lipinski definition) is 4. The van der Waals surface area contributed by atoms with E-state index in [1.165, 1.54) is 6.42 Å². The van der Waals surface area contributed by atoms with Crippen molar-refractivity contribution < 1.29 is 13.9 Å². The molecule has 0 aromatic carbocycles. The monoisotopic (exact) mass is 251 g/mol. The molecule has 2 heterocycles. The van der Waals surface area contributed by atoms with Crippen LogP contribution in [0.2, 0.25) is 0 Å². The zero-order valence-corrected chi connectivity index (χ0v) is 11.1. The molecule has 1 saturated heterocycles. The first-order valence-electron chi connectivity index (χ1n) is 6.66. The predicted octanol–water partition coefficient (Wildman–Crippen LogP) is 2.51. The van der Waals surface area contributed by atoms with Crippen molar-refractivity contribution in [1.82, 2.24) is 4.90 Å². The highest BCUT2D eigenvalue weighted by Gasteiger charge is 2.28. The minimum Gasteiger partial charge on any atom is -0.469 e. The van der Waals surface area contributed by atoms with Gasteiger partial charge in [-0.3, -0.25) is 9.69 Å². The zero-order valence-electron chi connectivity index (χ0n) is 11.1. The fourth-order valence-electron chi connectivity index (χ4n) is 2.44. The maximum Gasteiger partial charge on any atom is 0.323 e. The van der Waals surface area contributed by atoms with Gasteiger partial charge in [-0.25, -0.2) is 0 Å². The highest BCUT2D eigenvalue weighted by Crippen LogP contribution is 2.19. The fourth-order valence-corrected chi connectivity index (χ4v) is 2.44. The lowest BCUT2D eigenvalue weighted by atomic mass is 10.0. The predicted molar refractivity (Wildman–Crippen MR) is 68.1 cm³/mol. The number of likely N-dealkylation sites (N-methyl/N-ethyl adjacent to an activating group) is 1. The molecule has 1 aromatic heterocycles. The number of ether oxygens (including phenoxy) is 1. The van der Waals surface area contributed by atoms with E-state index in [4.69, 9.17) is 9.15 Å². The van der Waals surface area contributed by atoms with E-state index in [0.29, 0.717) is 6.61 Å². The van der Waals surface area contributed by atoms with E-state index in [9.17, 15) is 4.79 Å². The van der Waals surface area contributed by atoms with E-state index >= 15 is 0 Å². The summed E-state index contributed by atoms with van der Waals surface area (Å²) in [5, 5.41) is 0. The van der Waals surface area contributed by atoms with Crippen LogP contribution in [0, 0.1) is 6.92 Å². The molecule has 1 aliphatic heterocycles. The Kier molecular flexibility index (Phi) is 4.42. The summed E-state index contributed by atoms with van der Waals surface area (Å²) in [6.07, 6.45) is 4.83. The Morgan fingerprint density at radius 1 is 1.56 bits per heavy atom. The Bertz CT molecular complexity index is 399. The molecule has 1 fully saturated rings. The van der Waals surface area contributed by atoms with Crippen molar-refractivity contribution in [2.75, 3.05) is 13.1 Å². The molecule has 0 saturated carbocycles. The molecule has 2 rings (SSSR count). The molecule has 0 spiro atoms. The van der Waals surface area contributed by atoms with E-state index < -0.39 is 0 Å². The molecule has 4 heteroatoms. The topological polar surface area (TPSA) is 42.7 Å². The number of furan rings is 1. The van der Waals surface area contributed by atoms with Gasteiger partial charge in [-0.2, -0.15) is 0 Å². The summed E-state index contributed by atoms with van der Waals surface area (Å²) >= 11 is 0. The number of aryl methyl sites for hydroxylation is 1. The van der Waals surface area contributed by atoms with Crippen molar-refractivity contribution >= 4 is 5.97 Å². The van der Waals surface area contributed by atoms with E-state index in [1.54, 1.807) is 6.26 Å². The Morgan fingerprint density at radius 2 is 2.39 bits per heavy atom. The summed E-state index contributed by atoms with van der Waals surface area (Å²) in [7, 11) is 0. The molecule has 0 radical (unpaired) electrons. The normalized spacial score (nSPS) is 20.9. The van der Waals surface area contributed by atoms with Crippen LogP contribution in [-0.4, -0.2) is 30.0 Å². The zero-order chi connectivity index (χ0) is 13.0. The second-order valence-corrected chi connectivity index (χ2v) is 4.75. The van der Waals surface area contributed by atoms with Gasteiger partial charge in [0.05, 0.1) is 6.26 Å². The van der Waals surface area contributed by atoms with Crippen LogP contribution in [0.25, 0.3) is 0 Å². The van der Waals surface area contributed by atoms with Gasteiger partial charge in [0, 0.05) is 5.56 Å². The van der Waals surface area contributed by atoms with E-state index in [0.717, 1.165) is 37.3 Å². The molecular formula is C14H21NO3. The van der Waals surface area contributed by atoms with Crippen molar-refractivity contribution in [3.8, 4) is 0 Å². The molecular weight excluding hydrogens is 230 g/mol. The smallest absolute Gasteiger partial charge is 0.323 e. The first kappa shape index (κ1) is 13.1. The minimum atomic E-state index is -0.0999. The van der Waals surface area contributed by atoms with Crippen LogP contribution in [0.5, 0.6) is 0 Å². The molecule has 4 nitrogen and oxygen atoms in total. The van der Waals surface area contributed by atoms with Gasteiger partial charge in [0.15, 0.2) is 0 Å². The van der Waals surface area contributed by atoms with Gasteiger partial charge >= 0.3 is 5.97 Å². The van der Waals surface area contributed by atoms with E-state index in [2.05, 4.69) is 11.8 Å². The molecule has 100 valence electrons. The minimum absolute atomic E-state index is 0.0593. The van der Waals surface area contributed by atoms with Crippen molar-refractivity contribution in [3.05, 3.63) is 23.7 Å². The summed E-state index contributed by atoms with van der Waals surface area (Å²) in [4.78, 5) is 14.3. The van der Waals surface area contributed by atoms with Crippen LogP contribution in [0.15, 0.2) is 16.7 Å². The van der Waals surface area contributed by atoms with Gasteiger partial charge in [0.25, 0.3) is 0 Å². The summed E-state index contributed by atoms with van der Waals surface area (Å²) in [5.41, 5.74) is 0.946. The van der Waals surface area contributed by atoms with E-state index in [-0.39, 0.29) is 12.0 Å². The lowest BCUT2D eigenvalue weighted by Gasteiger charge is -2.32. The molecule has 0 unspecified atom stereocenters. The van der Waals surface area contributed by atoms with Crippen LogP contribution in [0.4, 0.5) is 0 Å². The van der Waals surface area contributed by atoms with Crippen LogP contribution in [0.3, 0.4) is 0 Å². The number of esters is 1. The van der Waals surface area contributed by atoms with Crippen molar-refractivity contribution in [2.24, 2.45) is 0 Å². The number of rotatable bonds is 4. The fraction of sp³-hybridized carbons (Fsp3) is 0.643. The van der Waals surface area contributed by atoms with Gasteiger partial charge in [0.1, 0.15) is 18.4 Å². The first-order chi connectivity index (χ1) is 8.72. The highest BCUT2D eigenvalue weighted by atomic mass is 16.5. The van der Waals surface area contributed by atoms with E-state index in [1.807, 2.05) is 13.0 Å². The summed E-state index contributed by atoms with van der Waals surface area (Å²) < 4.78 is 10.6. The van der Waals surface area contributed by atoms with Gasteiger partial charge in [-0.1, -0.05) is 13.3 Å². The number of nitrogens with zero attached hydrogens (tertiary/aromatic N) is 1. The summed E-state index contributed by atoms with van der Waals surface area (Å²) in [6, 6.07) is 1.79. The highest BCUT2D eigenvalue weighted by molar-refractivity contribution is 5.75. The Balaban J connectivity index is 1.89. The van der Waals surface area contributed by atoms with Crippen LogP contribution in [0.1, 0.15) is 37.5 Å². The second kappa shape index (κ2) is 6.05. The molecule has 1 atom stereocenters.